The van der Waals surface area contributed by atoms with E-state index in [0.717, 1.165) is 9.69 Å². The SMILES string of the molecule is CCOC=C(C(=O)N(N)c1ccccn1)n1[nH]ccc1=O. The van der Waals surface area contributed by atoms with Crippen molar-refractivity contribution >= 4 is 17.4 Å². The van der Waals surface area contributed by atoms with Crippen LogP contribution in [0, 0.1) is 0 Å². The molecule has 0 fully saturated rings. The molecule has 8 nitrogen and oxygen atoms in total. The molecule has 8 heteroatoms. The molecule has 0 aliphatic carbocycles. The van der Waals surface area contributed by atoms with Crippen molar-refractivity contribution in [1.29, 1.82) is 0 Å². The van der Waals surface area contributed by atoms with Crippen molar-refractivity contribution < 1.29 is 9.53 Å². The predicted octanol–water partition coefficient (Wildman–Crippen LogP) is 0.313. The Balaban J connectivity index is 2.36. The molecule has 3 N–H and O–H groups in total. The van der Waals surface area contributed by atoms with Crippen LogP contribution in [0.1, 0.15) is 6.92 Å². The van der Waals surface area contributed by atoms with E-state index in [0.29, 0.717) is 6.61 Å². The number of nitrogens with two attached hydrogens (primary N) is 1. The van der Waals surface area contributed by atoms with E-state index in [1.807, 2.05) is 0 Å². The third kappa shape index (κ3) is 3.18. The highest BCUT2D eigenvalue weighted by molar-refractivity contribution is 6.20. The summed E-state index contributed by atoms with van der Waals surface area (Å²) in [7, 11) is 0. The van der Waals surface area contributed by atoms with Crippen LogP contribution in [0.4, 0.5) is 5.82 Å². The second-order valence-electron chi connectivity index (χ2n) is 3.96. The third-order valence-corrected chi connectivity index (χ3v) is 2.59. The summed E-state index contributed by atoms with van der Waals surface area (Å²) in [5.41, 5.74) is -0.441. The van der Waals surface area contributed by atoms with Crippen molar-refractivity contribution in [2.75, 3.05) is 11.6 Å². The lowest BCUT2D eigenvalue weighted by molar-refractivity contribution is -0.114. The van der Waals surface area contributed by atoms with Gasteiger partial charge in [0.2, 0.25) is 0 Å². The van der Waals surface area contributed by atoms with E-state index in [4.69, 9.17) is 10.6 Å². The van der Waals surface area contributed by atoms with Crippen LogP contribution in [0.15, 0.2) is 47.7 Å². The highest BCUT2D eigenvalue weighted by atomic mass is 16.5. The Morgan fingerprint density at radius 3 is 2.90 bits per heavy atom. The molecule has 0 bridgehead atoms. The van der Waals surface area contributed by atoms with Gasteiger partial charge in [-0.15, -0.1) is 0 Å². The number of aromatic amines is 1. The number of rotatable bonds is 5. The van der Waals surface area contributed by atoms with Crippen LogP contribution >= 0.6 is 0 Å². The predicted molar refractivity (Wildman–Crippen MR) is 76.9 cm³/mol. The highest BCUT2D eigenvalue weighted by Gasteiger charge is 2.21. The number of hydrogen-bond donors (Lipinski definition) is 2. The lowest BCUT2D eigenvalue weighted by Gasteiger charge is -2.17. The lowest BCUT2D eigenvalue weighted by Crippen LogP contribution is -2.41. The summed E-state index contributed by atoms with van der Waals surface area (Å²) < 4.78 is 6.16. The number of hydrogen-bond acceptors (Lipinski definition) is 5. The molecule has 0 saturated heterocycles. The van der Waals surface area contributed by atoms with Crippen LogP contribution in [0.3, 0.4) is 0 Å². The van der Waals surface area contributed by atoms with Crippen molar-refractivity contribution in [1.82, 2.24) is 14.8 Å². The summed E-state index contributed by atoms with van der Waals surface area (Å²) in [6, 6.07) is 6.26. The topological polar surface area (TPSA) is 106 Å². The van der Waals surface area contributed by atoms with E-state index in [1.165, 1.54) is 24.7 Å². The van der Waals surface area contributed by atoms with Gasteiger partial charge in [-0.1, -0.05) is 6.07 Å². The zero-order chi connectivity index (χ0) is 15.2. The molecular weight excluding hydrogens is 274 g/mol. The number of carbonyl (C=O) groups excluding carboxylic acids is 1. The van der Waals surface area contributed by atoms with Gasteiger partial charge in [-0.3, -0.25) is 14.7 Å². The normalized spacial score (nSPS) is 11.2. The summed E-state index contributed by atoms with van der Waals surface area (Å²) in [6.45, 7) is 2.11. The standard InChI is InChI=1S/C13H15N5O3/c1-2-21-9-10(18-12(19)6-8-16-18)13(20)17(14)11-5-3-4-7-15-11/h3-9,16H,2,14H2,1H3. The first-order chi connectivity index (χ1) is 10.1. The van der Waals surface area contributed by atoms with Crippen LogP contribution in [0.2, 0.25) is 0 Å². The summed E-state index contributed by atoms with van der Waals surface area (Å²) in [5, 5.41) is 3.48. The van der Waals surface area contributed by atoms with Crippen molar-refractivity contribution in [2.24, 2.45) is 5.84 Å². The minimum absolute atomic E-state index is 0.0417. The maximum atomic E-state index is 12.4. The summed E-state index contributed by atoms with van der Waals surface area (Å²) in [6.07, 6.45) is 4.11. The number of ether oxygens (including phenoxy) is 1. The van der Waals surface area contributed by atoms with E-state index < -0.39 is 11.5 Å². The third-order valence-electron chi connectivity index (χ3n) is 2.59. The molecule has 21 heavy (non-hydrogen) atoms. The summed E-state index contributed by atoms with van der Waals surface area (Å²) in [5.74, 6) is 5.38. The molecule has 0 unspecified atom stereocenters. The van der Waals surface area contributed by atoms with Crippen LogP contribution in [-0.2, 0) is 9.53 Å². The van der Waals surface area contributed by atoms with Crippen molar-refractivity contribution in [3.8, 4) is 0 Å². The quantitative estimate of drug-likeness (QED) is 0.271. The molecule has 1 amide bonds. The molecule has 0 aliphatic rings. The van der Waals surface area contributed by atoms with Gasteiger partial charge < -0.3 is 4.74 Å². The molecule has 2 heterocycles. The summed E-state index contributed by atoms with van der Waals surface area (Å²) >= 11 is 0. The second-order valence-corrected chi connectivity index (χ2v) is 3.96. The Bertz CT molecular complexity index is 689. The molecule has 110 valence electrons. The van der Waals surface area contributed by atoms with Gasteiger partial charge in [-0.05, 0) is 19.1 Å². The maximum Gasteiger partial charge on any atom is 0.295 e. The molecular formula is C13H15N5O3. The minimum atomic E-state index is -0.633. The van der Waals surface area contributed by atoms with Gasteiger partial charge in [0.1, 0.15) is 12.1 Å². The molecule has 0 atom stereocenters. The number of aromatic nitrogens is 3. The molecule has 0 radical (unpaired) electrons. The van der Waals surface area contributed by atoms with Gasteiger partial charge >= 0.3 is 0 Å². The van der Waals surface area contributed by atoms with Gasteiger partial charge in [-0.2, -0.15) is 0 Å². The van der Waals surface area contributed by atoms with Crippen molar-refractivity contribution in [3.05, 3.63) is 53.3 Å². The first-order valence-corrected chi connectivity index (χ1v) is 6.24. The van der Waals surface area contributed by atoms with Crippen molar-refractivity contribution in [2.45, 2.75) is 6.92 Å². The van der Waals surface area contributed by atoms with E-state index >= 15 is 0 Å². The average Bonchev–Trinajstić information content (AvgIpc) is 2.94. The number of carbonyl (C=O) groups is 1. The van der Waals surface area contributed by atoms with E-state index in [2.05, 4.69) is 10.1 Å². The smallest absolute Gasteiger partial charge is 0.295 e. The first-order valence-electron chi connectivity index (χ1n) is 6.24. The number of amides is 1. The fraction of sp³-hybridized carbons (Fsp3) is 0.154. The zero-order valence-corrected chi connectivity index (χ0v) is 11.4. The van der Waals surface area contributed by atoms with Crippen LogP contribution in [0.5, 0.6) is 0 Å². The molecule has 2 rings (SSSR count). The molecule has 0 spiro atoms. The number of hydrazine groups is 1. The number of anilines is 1. The van der Waals surface area contributed by atoms with Gasteiger partial charge in [0.15, 0.2) is 5.70 Å². The Labute approximate surface area is 120 Å². The number of pyridine rings is 1. The van der Waals surface area contributed by atoms with Crippen LogP contribution in [0.25, 0.3) is 5.70 Å². The number of H-pyrrole nitrogens is 1. The van der Waals surface area contributed by atoms with Gasteiger partial charge in [0.05, 0.1) is 6.61 Å². The monoisotopic (exact) mass is 289 g/mol. The lowest BCUT2D eigenvalue weighted by atomic mass is 10.4. The zero-order valence-electron chi connectivity index (χ0n) is 11.4. The Morgan fingerprint density at radius 1 is 1.52 bits per heavy atom. The Hall–Kier alpha value is -2.87. The summed E-state index contributed by atoms with van der Waals surface area (Å²) in [4.78, 5) is 28.1. The molecule has 0 saturated carbocycles. The molecule has 0 aliphatic heterocycles. The van der Waals surface area contributed by atoms with E-state index in [9.17, 15) is 9.59 Å². The number of nitrogens with zero attached hydrogens (tertiary/aromatic N) is 3. The minimum Gasteiger partial charge on any atom is -0.499 e. The van der Waals surface area contributed by atoms with E-state index in [1.54, 1.807) is 25.1 Å². The van der Waals surface area contributed by atoms with Crippen LogP contribution in [-0.4, -0.2) is 27.3 Å². The van der Waals surface area contributed by atoms with E-state index in [-0.39, 0.29) is 11.5 Å². The van der Waals surface area contributed by atoms with Gasteiger partial charge in [-0.25, -0.2) is 20.5 Å². The Morgan fingerprint density at radius 2 is 2.33 bits per heavy atom. The van der Waals surface area contributed by atoms with Gasteiger partial charge in [0, 0.05) is 18.5 Å². The average molecular weight is 289 g/mol. The Kier molecular flexibility index (Phi) is 4.52. The van der Waals surface area contributed by atoms with Gasteiger partial charge in [0.25, 0.3) is 11.5 Å². The first kappa shape index (κ1) is 14.5. The fourth-order valence-corrected chi connectivity index (χ4v) is 1.59. The fourth-order valence-electron chi connectivity index (χ4n) is 1.59. The molecule has 2 aromatic rings. The molecule has 0 aromatic carbocycles. The number of nitrogens with one attached hydrogen (secondary N) is 1. The molecule has 2 aromatic heterocycles. The maximum absolute atomic E-state index is 12.4. The van der Waals surface area contributed by atoms with Crippen LogP contribution < -0.4 is 16.4 Å². The second kappa shape index (κ2) is 6.53. The largest absolute Gasteiger partial charge is 0.499 e. The van der Waals surface area contributed by atoms with Crippen molar-refractivity contribution in [3.63, 3.8) is 0 Å². The highest BCUT2D eigenvalue weighted by Crippen LogP contribution is 2.11.